The molecule has 0 aliphatic rings. The summed E-state index contributed by atoms with van der Waals surface area (Å²) < 4.78 is 1.64. The number of carbonyl (C=O) groups is 1. The minimum absolute atomic E-state index is 0.492. The molecule has 17 heavy (non-hydrogen) atoms. The Morgan fingerprint density at radius 1 is 1.59 bits per heavy atom. The van der Waals surface area contributed by atoms with Crippen LogP contribution in [0, 0.1) is 0 Å². The van der Waals surface area contributed by atoms with Crippen molar-refractivity contribution in [2.75, 3.05) is 0 Å². The van der Waals surface area contributed by atoms with Crippen LogP contribution in [0.4, 0.5) is 0 Å². The van der Waals surface area contributed by atoms with Gasteiger partial charge in [0.15, 0.2) is 5.65 Å². The molecule has 0 saturated carbocycles. The van der Waals surface area contributed by atoms with Gasteiger partial charge in [-0.3, -0.25) is 9.48 Å². The van der Waals surface area contributed by atoms with E-state index in [1.54, 1.807) is 17.9 Å². The highest BCUT2D eigenvalue weighted by Gasteiger charge is 2.19. The molecule has 0 aromatic carbocycles. The van der Waals surface area contributed by atoms with E-state index in [-0.39, 0.29) is 0 Å². The largest absolute Gasteiger partial charge is 0.480 e. The second-order valence-electron chi connectivity index (χ2n) is 3.54. The molecule has 0 amide bonds. The van der Waals surface area contributed by atoms with Gasteiger partial charge in [0.05, 0.1) is 11.6 Å². The van der Waals surface area contributed by atoms with Gasteiger partial charge in [-0.25, -0.2) is 9.97 Å². The molecule has 1 unspecified atom stereocenters. The lowest BCUT2D eigenvalue weighted by atomic mass is 10.3. The molecule has 2 heterocycles. The number of rotatable bonds is 4. The molecule has 1 N–H and O–H groups in total. The molecule has 7 heteroatoms. The van der Waals surface area contributed by atoms with Crippen molar-refractivity contribution in [3.8, 4) is 0 Å². The smallest absolute Gasteiger partial charge is 0.317 e. The summed E-state index contributed by atoms with van der Waals surface area (Å²) in [6, 6.07) is 0. The van der Waals surface area contributed by atoms with Crippen molar-refractivity contribution in [2.24, 2.45) is 7.05 Å². The van der Waals surface area contributed by atoms with Crippen LogP contribution in [0.3, 0.4) is 0 Å². The van der Waals surface area contributed by atoms with E-state index in [2.05, 4.69) is 15.1 Å². The Bertz CT molecular complexity index is 554. The molecular weight excluding hydrogens is 240 g/mol. The van der Waals surface area contributed by atoms with E-state index in [4.69, 9.17) is 5.11 Å². The van der Waals surface area contributed by atoms with Crippen LogP contribution in [-0.2, 0) is 11.8 Å². The fourth-order valence-electron chi connectivity index (χ4n) is 1.48. The van der Waals surface area contributed by atoms with Gasteiger partial charge in [-0.1, -0.05) is 18.7 Å². The van der Waals surface area contributed by atoms with Crippen LogP contribution in [0.5, 0.6) is 0 Å². The van der Waals surface area contributed by atoms with E-state index in [0.717, 1.165) is 5.39 Å². The maximum absolute atomic E-state index is 11.0. The first-order chi connectivity index (χ1) is 8.13. The minimum atomic E-state index is -0.826. The lowest BCUT2D eigenvalue weighted by molar-refractivity contribution is -0.136. The number of aromatic nitrogens is 4. The fourth-order valence-corrected chi connectivity index (χ4v) is 2.39. The predicted octanol–water partition coefficient (Wildman–Crippen LogP) is 1.32. The SMILES string of the molecule is CCC(Sc1ncnc2c1cnn2C)C(=O)O. The van der Waals surface area contributed by atoms with Gasteiger partial charge in [0.2, 0.25) is 0 Å². The molecule has 90 valence electrons. The van der Waals surface area contributed by atoms with E-state index in [9.17, 15) is 4.79 Å². The first kappa shape index (κ1) is 11.8. The lowest BCUT2D eigenvalue weighted by Gasteiger charge is -2.08. The average molecular weight is 252 g/mol. The van der Waals surface area contributed by atoms with Gasteiger partial charge < -0.3 is 5.11 Å². The number of carboxylic acids is 1. The second kappa shape index (κ2) is 4.70. The number of fused-ring (bicyclic) bond motifs is 1. The predicted molar refractivity (Wildman–Crippen MR) is 63.9 cm³/mol. The van der Waals surface area contributed by atoms with E-state index < -0.39 is 11.2 Å². The van der Waals surface area contributed by atoms with Crippen LogP contribution in [-0.4, -0.2) is 36.1 Å². The van der Waals surface area contributed by atoms with Crippen LogP contribution in [0.2, 0.25) is 0 Å². The Morgan fingerprint density at radius 3 is 3.00 bits per heavy atom. The van der Waals surface area contributed by atoms with Gasteiger partial charge in [0, 0.05) is 7.05 Å². The first-order valence-electron chi connectivity index (χ1n) is 5.15. The summed E-state index contributed by atoms with van der Waals surface area (Å²) in [6.07, 6.45) is 3.64. The van der Waals surface area contributed by atoms with Crippen LogP contribution in [0.15, 0.2) is 17.6 Å². The van der Waals surface area contributed by atoms with Crippen molar-refractivity contribution in [1.82, 2.24) is 19.7 Å². The summed E-state index contributed by atoms with van der Waals surface area (Å²) >= 11 is 1.24. The van der Waals surface area contributed by atoms with Gasteiger partial charge in [-0.15, -0.1) is 0 Å². The number of hydrogen-bond acceptors (Lipinski definition) is 5. The van der Waals surface area contributed by atoms with E-state index in [1.165, 1.54) is 18.1 Å². The molecule has 2 aromatic rings. The number of aliphatic carboxylic acids is 1. The Morgan fingerprint density at radius 2 is 2.35 bits per heavy atom. The number of thioether (sulfide) groups is 1. The summed E-state index contributed by atoms with van der Waals surface area (Å²) in [4.78, 5) is 19.2. The molecule has 2 rings (SSSR count). The molecule has 0 radical (unpaired) electrons. The topological polar surface area (TPSA) is 80.9 Å². The van der Waals surface area contributed by atoms with Crippen molar-refractivity contribution in [3.05, 3.63) is 12.5 Å². The van der Waals surface area contributed by atoms with Crippen molar-refractivity contribution in [3.63, 3.8) is 0 Å². The van der Waals surface area contributed by atoms with Crippen LogP contribution in [0.25, 0.3) is 11.0 Å². The Labute approximate surface area is 102 Å². The van der Waals surface area contributed by atoms with E-state index >= 15 is 0 Å². The van der Waals surface area contributed by atoms with Crippen LogP contribution in [0.1, 0.15) is 13.3 Å². The summed E-state index contributed by atoms with van der Waals surface area (Å²) in [7, 11) is 1.79. The van der Waals surface area contributed by atoms with Gasteiger partial charge in [-0.05, 0) is 6.42 Å². The quantitative estimate of drug-likeness (QED) is 0.653. The summed E-state index contributed by atoms with van der Waals surface area (Å²) in [5, 5.41) is 14.1. The minimum Gasteiger partial charge on any atom is -0.480 e. The fraction of sp³-hybridized carbons (Fsp3) is 0.400. The molecule has 0 fully saturated rings. The standard InChI is InChI=1S/C10H12N4O2S/c1-3-7(10(15)16)17-9-6-4-13-14(2)8(6)11-5-12-9/h4-5,7H,3H2,1-2H3,(H,15,16). The third kappa shape index (κ3) is 2.23. The van der Waals surface area contributed by atoms with Gasteiger partial charge in [0.25, 0.3) is 0 Å². The van der Waals surface area contributed by atoms with Crippen molar-refractivity contribution in [1.29, 1.82) is 0 Å². The molecule has 2 aromatic heterocycles. The zero-order valence-corrected chi connectivity index (χ0v) is 10.3. The van der Waals surface area contributed by atoms with E-state index in [1.807, 2.05) is 6.92 Å². The Hall–Kier alpha value is -1.63. The summed E-state index contributed by atoms with van der Waals surface area (Å²) in [5.74, 6) is -0.826. The number of carboxylic acid groups (broad SMARTS) is 1. The normalized spacial score (nSPS) is 12.8. The average Bonchev–Trinajstić information content (AvgIpc) is 2.69. The third-order valence-electron chi connectivity index (χ3n) is 2.39. The highest BCUT2D eigenvalue weighted by molar-refractivity contribution is 8.00. The second-order valence-corrected chi connectivity index (χ2v) is 4.73. The monoisotopic (exact) mass is 252 g/mol. The molecule has 0 bridgehead atoms. The summed E-state index contributed by atoms with van der Waals surface area (Å²) in [6.45, 7) is 1.84. The number of nitrogens with zero attached hydrogens (tertiary/aromatic N) is 4. The van der Waals surface area contributed by atoms with Crippen LogP contribution >= 0.6 is 11.8 Å². The van der Waals surface area contributed by atoms with Gasteiger partial charge in [-0.2, -0.15) is 5.10 Å². The number of hydrogen-bond donors (Lipinski definition) is 1. The van der Waals surface area contributed by atoms with Gasteiger partial charge >= 0.3 is 5.97 Å². The molecule has 0 spiro atoms. The maximum atomic E-state index is 11.0. The first-order valence-corrected chi connectivity index (χ1v) is 6.03. The lowest BCUT2D eigenvalue weighted by Crippen LogP contribution is -2.15. The molecule has 6 nitrogen and oxygen atoms in total. The summed E-state index contributed by atoms with van der Waals surface area (Å²) in [5.41, 5.74) is 0.711. The van der Waals surface area contributed by atoms with Gasteiger partial charge in [0.1, 0.15) is 16.6 Å². The van der Waals surface area contributed by atoms with E-state index in [0.29, 0.717) is 17.1 Å². The van der Waals surface area contributed by atoms with Crippen LogP contribution < -0.4 is 0 Å². The molecule has 1 atom stereocenters. The van der Waals surface area contributed by atoms with Crippen molar-refractivity contribution < 1.29 is 9.90 Å². The Kier molecular flexibility index (Phi) is 3.28. The zero-order valence-electron chi connectivity index (χ0n) is 9.49. The third-order valence-corrected chi connectivity index (χ3v) is 3.76. The highest BCUT2D eigenvalue weighted by atomic mass is 32.2. The zero-order chi connectivity index (χ0) is 12.4. The molecule has 0 aliphatic carbocycles. The Balaban J connectivity index is 2.38. The number of aryl methyl sites for hydroxylation is 1. The molecule has 0 saturated heterocycles. The maximum Gasteiger partial charge on any atom is 0.317 e. The van der Waals surface area contributed by atoms with Crippen molar-refractivity contribution >= 4 is 28.8 Å². The molecular formula is C10H12N4O2S. The highest BCUT2D eigenvalue weighted by Crippen LogP contribution is 2.28. The molecule has 0 aliphatic heterocycles. The van der Waals surface area contributed by atoms with Crippen molar-refractivity contribution in [2.45, 2.75) is 23.6 Å².